The predicted molar refractivity (Wildman–Crippen MR) is 107 cm³/mol. The molecule has 1 aromatic heterocycles. The van der Waals surface area contributed by atoms with Gasteiger partial charge in [0.15, 0.2) is 0 Å². The quantitative estimate of drug-likeness (QED) is 0.669. The minimum absolute atomic E-state index is 0.0792. The van der Waals surface area contributed by atoms with Crippen LogP contribution in [0.1, 0.15) is 43.7 Å². The number of nitrogens with zero attached hydrogens (tertiary/aromatic N) is 3. The van der Waals surface area contributed by atoms with Gasteiger partial charge in [-0.1, -0.05) is 56.3 Å². The minimum Gasteiger partial charge on any atom is -0.419 e. The highest BCUT2D eigenvalue weighted by Gasteiger charge is 2.49. The fraction of sp³-hybridized carbons (Fsp3) is 0.273. The molecule has 3 amide bonds. The number of amides is 3. The van der Waals surface area contributed by atoms with Crippen molar-refractivity contribution in [2.24, 2.45) is 0 Å². The van der Waals surface area contributed by atoms with E-state index < -0.39 is 11.6 Å². The molecule has 1 saturated heterocycles. The molecule has 0 radical (unpaired) electrons. The highest BCUT2D eigenvalue weighted by atomic mass is 16.4. The van der Waals surface area contributed by atoms with Crippen molar-refractivity contribution in [3.63, 3.8) is 0 Å². The Labute approximate surface area is 168 Å². The molecular formula is C22H22N4O3. The Balaban J connectivity index is 1.55. The molecule has 0 unspecified atom stereocenters. The standard InChI is InChI=1S/C22H22N4O3/c1-14(2)15-9-11-17(12-10-15)22(3)20(27)26(21(28)23-22)13-18-24-25-19(29-18)16-7-5-4-6-8-16/h4-12,14H,13H2,1-3H3,(H,23,28)/t22-/m0/s1. The maximum absolute atomic E-state index is 13.1. The lowest BCUT2D eigenvalue weighted by atomic mass is 9.90. The van der Waals surface area contributed by atoms with Crippen LogP contribution >= 0.6 is 0 Å². The molecule has 2 aromatic carbocycles. The summed E-state index contributed by atoms with van der Waals surface area (Å²) in [7, 11) is 0. The summed E-state index contributed by atoms with van der Waals surface area (Å²) in [6, 6.07) is 16.6. The molecule has 29 heavy (non-hydrogen) atoms. The highest BCUT2D eigenvalue weighted by Crippen LogP contribution is 2.31. The second-order valence-corrected chi connectivity index (χ2v) is 7.59. The van der Waals surface area contributed by atoms with E-state index in [9.17, 15) is 9.59 Å². The Morgan fingerprint density at radius 2 is 1.72 bits per heavy atom. The van der Waals surface area contributed by atoms with Crippen LogP contribution in [0.3, 0.4) is 0 Å². The normalized spacial score (nSPS) is 19.1. The zero-order chi connectivity index (χ0) is 20.6. The number of urea groups is 1. The van der Waals surface area contributed by atoms with Crippen LogP contribution < -0.4 is 5.32 Å². The number of rotatable bonds is 5. The fourth-order valence-corrected chi connectivity index (χ4v) is 3.39. The molecule has 148 valence electrons. The number of imide groups is 1. The van der Waals surface area contributed by atoms with E-state index in [1.165, 1.54) is 5.56 Å². The van der Waals surface area contributed by atoms with Gasteiger partial charge in [-0.2, -0.15) is 0 Å². The molecule has 4 rings (SSSR count). The molecule has 1 N–H and O–H groups in total. The van der Waals surface area contributed by atoms with Crippen molar-refractivity contribution < 1.29 is 14.0 Å². The molecule has 7 heteroatoms. The zero-order valence-corrected chi connectivity index (χ0v) is 16.5. The molecule has 2 heterocycles. The van der Waals surface area contributed by atoms with Gasteiger partial charge >= 0.3 is 6.03 Å². The van der Waals surface area contributed by atoms with Crippen LogP contribution in [0.15, 0.2) is 59.0 Å². The van der Waals surface area contributed by atoms with Crippen LogP contribution in [0.2, 0.25) is 0 Å². The van der Waals surface area contributed by atoms with Crippen LogP contribution in [-0.4, -0.2) is 27.0 Å². The number of benzene rings is 2. The number of hydrogen-bond donors (Lipinski definition) is 1. The molecule has 0 saturated carbocycles. The minimum atomic E-state index is -1.13. The summed E-state index contributed by atoms with van der Waals surface area (Å²) >= 11 is 0. The third-order valence-corrected chi connectivity index (χ3v) is 5.21. The number of carbonyl (C=O) groups is 2. The van der Waals surface area contributed by atoms with Crippen LogP contribution in [0, 0.1) is 0 Å². The molecule has 1 aliphatic rings. The average Bonchev–Trinajstić information content (AvgIpc) is 3.28. The molecule has 1 atom stereocenters. The number of hydrogen-bond acceptors (Lipinski definition) is 5. The maximum Gasteiger partial charge on any atom is 0.325 e. The lowest BCUT2D eigenvalue weighted by Gasteiger charge is -2.22. The molecule has 7 nitrogen and oxygen atoms in total. The van der Waals surface area contributed by atoms with Gasteiger partial charge in [-0.15, -0.1) is 10.2 Å². The number of nitrogens with one attached hydrogen (secondary N) is 1. The van der Waals surface area contributed by atoms with Gasteiger partial charge in [-0.3, -0.25) is 9.69 Å². The van der Waals surface area contributed by atoms with E-state index in [1.807, 2.05) is 54.6 Å². The van der Waals surface area contributed by atoms with Gasteiger partial charge in [0.25, 0.3) is 5.91 Å². The fourth-order valence-electron chi connectivity index (χ4n) is 3.39. The predicted octanol–water partition coefficient (Wildman–Crippen LogP) is 3.83. The lowest BCUT2D eigenvalue weighted by Crippen LogP contribution is -2.40. The third-order valence-electron chi connectivity index (χ3n) is 5.21. The first-order chi connectivity index (χ1) is 13.9. The summed E-state index contributed by atoms with van der Waals surface area (Å²) in [5.41, 5.74) is 1.55. The monoisotopic (exact) mass is 390 g/mol. The van der Waals surface area contributed by atoms with Crippen LogP contribution in [-0.2, 0) is 16.9 Å². The molecule has 1 aliphatic heterocycles. The van der Waals surface area contributed by atoms with Crippen molar-refractivity contribution in [3.8, 4) is 11.5 Å². The largest absolute Gasteiger partial charge is 0.419 e. The summed E-state index contributed by atoms with van der Waals surface area (Å²) in [6.07, 6.45) is 0. The van der Waals surface area contributed by atoms with E-state index in [2.05, 4.69) is 29.4 Å². The van der Waals surface area contributed by atoms with Crippen molar-refractivity contribution >= 4 is 11.9 Å². The Kier molecular flexibility index (Phi) is 4.66. The van der Waals surface area contributed by atoms with Gasteiger partial charge in [-0.05, 0) is 36.1 Å². The molecule has 3 aromatic rings. The van der Waals surface area contributed by atoms with Gasteiger partial charge < -0.3 is 9.73 Å². The Hall–Kier alpha value is -3.48. The molecule has 0 spiro atoms. The smallest absolute Gasteiger partial charge is 0.325 e. The number of carbonyl (C=O) groups excluding carboxylic acids is 2. The Morgan fingerprint density at radius 3 is 2.38 bits per heavy atom. The zero-order valence-electron chi connectivity index (χ0n) is 16.5. The SMILES string of the molecule is CC(C)c1ccc([C@]2(C)NC(=O)N(Cc3nnc(-c4ccccc4)o3)C2=O)cc1. The van der Waals surface area contributed by atoms with E-state index in [0.29, 0.717) is 11.8 Å². The van der Waals surface area contributed by atoms with Crippen molar-refractivity contribution in [1.82, 2.24) is 20.4 Å². The van der Waals surface area contributed by atoms with E-state index in [0.717, 1.165) is 16.0 Å². The highest BCUT2D eigenvalue weighted by molar-refractivity contribution is 6.07. The number of aromatic nitrogens is 2. The summed E-state index contributed by atoms with van der Waals surface area (Å²) in [4.78, 5) is 26.7. The van der Waals surface area contributed by atoms with E-state index in [-0.39, 0.29) is 18.3 Å². The first kappa shape index (κ1) is 18.9. The van der Waals surface area contributed by atoms with E-state index in [4.69, 9.17) is 4.42 Å². The average molecular weight is 390 g/mol. The van der Waals surface area contributed by atoms with Crippen molar-refractivity contribution in [1.29, 1.82) is 0 Å². The molecule has 0 bridgehead atoms. The Morgan fingerprint density at radius 1 is 1.03 bits per heavy atom. The Bertz CT molecular complexity index is 1040. The third kappa shape index (κ3) is 3.40. The van der Waals surface area contributed by atoms with Crippen LogP contribution in [0.25, 0.3) is 11.5 Å². The molecule has 0 aliphatic carbocycles. The van der Waals surface area contributed by atoms with E-state index >= 15 is 0 Å². The van der Waals surface area contributed by atoms with Crippen molar-refractivity contribution in [2.75, 3.05) is 0 Å². The second-order valence-electron chi connectivity index (χ2n) is 7.59. The van der Waals surface area contributed by atoms with Crippen LogP contribution in [0.4, 0.5) is 4.79 Å². The van der Waals surface area contributed by atoms with Gasteiger partial charge in [0.1, 0.15) is 12.1 Å². The van der Waals surface area contributed by atoms with Crippen molar-refractivity contribution in [2.45, 2.75) is 38.8 Å². The summed E-state index contributed by atoms with van der Waals surface area (Å²) in [5, 5.41) is 10.8. The van der Waals surface area contributed by atoms with Gasteiger partial charge in [0.05, 0.1) is 0 Å². The molecular weight excluding hydrogens is 368 g/mol. The summed E-state index contributed by atoms with van der Waals surface area (Å²) < 4.78 is 5.65. The topological polar surface area (TPSA) is 88.3 Å². The van der Waals surface area contributed by atoms with Crippen LogP contribution in [0.5, 0.6) is 0 Å². The second kappa shape index (κ2) is 7.16. The van der Waals surface area contributed by atoms with Gasteiger partial charge in [-0.25, -0.2) is 4.79 Å². The van der Waals surface area contributed by atoms with Crippen molar-refractivity contribution in [3.05, 3.63) is 71.6 Å². The van der Waals surface area contributed by atoms with Gasteiger partial charge in [0.2, 0.25) is 11.8 Å². The lowest BCUT2D eigenvalue weighted by molar-refractivity contribution is -0.131. The summed E-state index contributed by atoms with van der Waals surface area (Å²) in [5.74, 6) is 0.587. The summed E-state index contributed by atoms with van der Waals surface area (Å²) in [6.45, 7) is 5.84. The maximum atomic E-state index is 13.1. The molecule has 1 fully saturated rings. The van der Waals surface area contributed by atoms with E-state index in [1.54, 1.807) is 6.92 Å². The first-order valence-corrected chi connectivity index (χ1v) is 9.51. The first-order valence-electron chi connectivity index (χ1n) is 9.51. The van der Waals surface area contributed by atoms with Gasteiger partial charge in [0, 0.05) is 5.56 Å².